The predicted molar refractivity (Wildman–Crippen MR) is 77.8 cm³/mol. The summed E-state index contributed by atoms with van der Waals surface area (Å²) < 4.78 is 0. The summed E-state index contributed by atoms with van der Waals surface area (Å²) >= 11 is 0. The summed E-state index contributed by atoms with van der Waals surface area (Å²) in [4.78, 5) is 13.8. The summed E-state index contributed by atoms with van der Waals surface area (Å²) in [5.74, 6) is 0.144. The van der Waals surface area contributed by atoms with Crippen molar-refractivity contribution in [2.45, 2.75) is 52.0 Å². The molecule has 4 nitrogen and oxygen atoms in total. The second-order valence-electron chi connectivity index (χ2n) is 5.16. The molecule has 0 rings (SSSR count). The van der Waals surface area contributed by atoms with Gasteiger partial charge in [0.2, 0.25) is 5.91 Å². The van der Waals surface area contributed by atoms with E-state index in [-0.39, 0.29) is 5.91 Å². The molecule has 0 radical (unpaired) electrons. The molecule has 0 saturated heterocycles. The van der Waals surface area contributed by atoms with Crippen molar-refractivity contribution >= 4 is 5.91 Å². The summed E-state index contributed by atoms with van der Waals surface area (Å²) in [6.07, 6.45) is 5.85. The average Bonchev–Trinajstić information content (AvgIpc) is 2.29. The second-order valence-corrected chi connectivity index (χ2v) is 5.16. The van der Waals surface area contributed by atoms with Gasteiger partial charge in [-0.3, -0.25) is 9.69 Å². The first kappa shape index (κ1) is 17.4. The Morgan fingerprint density at radius 1 is 1.28 bits per heavy atom. The summed E-state index contributed by atoms with van der Waals surface area (Å²) in [6.45, 7) is 6.75. The van der Waals surface area contributed by atoms with Crippen molar-refractivity contribution in [1.29, 1.82) is 0 Å². The standard InChI is InChI=1S/C14H31N3O/c1-5-6-7-9-13(2)16-14(18)12-17(4)11-8-10-15-3/h13,15H,5-12H2,1-4H3,(H,16,18). The molecule has 0 aromatic rings. The van der Waals surface area contributed by atoms with Gasteiger partial charge >= 0.3 is 0 Å². The summed E-state index contributed by atoms with van der Waals surface area (Å²) in [5.41, 5.74) is 0. The van der Waals surface area contributed by atoms with E-state index in [4.69, 9.17) is 0 Å². The molecule has 1 amide bonds. The Kier molecular flexibility index (Phi) is 11.1. The van der Waals surface area contributed by atoms with E-state index >= 15 is 0 Å². The molecular weight excluding hydrogens is 226 g/mol. The van der Waals surface area contributed by atoms with E-state index in [2.05, 4.69) is 29.4 Å². The molecule has 0 aliphatic rings. The van der Waals surface area contributed by atoms with Crippen LogP contribution in [-0.2, 0) is 4.79 Å². The van der Waals surface area contributed by atoms with Crippen LogP contribution in [0.4, 0.5) is 0 Å². The Labute approximate surface area is 113 Å². The van der Waals surface area contributed by atoms with Crippen LogP contribution in [0, 0.1) is 0 Å². The van der Waals surface area contributed by atoms with Crippen LogP contribution in [0.5, 0.6) is 0 Å². The first-order valence-electron chi connectivity index (χ1n) is 7.22. The Bertz CT molecular complexity index is 189. The molecule has 0 aliphatic heterocycles. The third kappa shape index (κ3) is 10.5. The lowest BCUT2D eigenvalue weighted by Gasteiger charge is -2.18. The molecular formula is C14H31N3O. The van der Waals surface area contributed by atoms with Crippen molar-refractivity contribution in [2.24, 2.45) is 0 Å². The fraction of sp³-hybridized carbons (Fsp3) is 0.929. The zero-order valence-corrected chi connectivity index (χ0v) is 12.6. The number of likely N-dealkylation sites (N-methyl/N-ethyl adjacent to an activating group) is 1. The normalized spacial score (nSPS) is 12.7. The first-order valence-corrected chi connectivity index (χ1v) is 7.22. The van der Waals surface area contributed by atoms with Crippen molar-refractivity contribution in [3.05, 3.63) is 0 Å². The highest BCUT2D eigenvalue weighted by Gasteiger charge is 2.09. The minimum absolute atomic E-state index is 0.144. The van der Waals surface area contributed by atoms with E-state index in [1.807, 2.05) is 14.1 Å². The number of hydrogen-bond donors (Lipinski definition) is 2. The van der Waals surface area contributed by atoms with Crippen molar-refractivity contribution in [3.8, 4) is 0 Å². The lowest BCUT2D eigenvalue weighted by Crippen LogP contribution is -2.40. The van der Waals surface area contributed by atoms with E-state index in [1.54, 1.807) is 0 Å². The van der Waals surface area contributed by atoms with Crippen molar-refractivity contribution in [1.82, 2.24) is 15.5 Å². The molecule has 0 aromatic carbocycles. The zero-order valence-electron chi connectivity index (χ0n) is 12.6. The molecule has 0 heterocycles. The number of carbonyl (C=O) groups excluding carboxylic acids is 1. The van der Waals surface area contributed by atoms with E-state index in [0.717, 1.165) is 25.9 Å². The van der Waals surface area contributed by atoms with E-state index in [0.29, 0.717) is 12.6 Å². The summed E-state index contributed by atoms with van der Waals surface area (Å²) in [6, 6.07) is 0.301. The molecule has 0 spiro atoms. The van der Waals surface area contributed by atoms with E-state index in [1.165, 1.54) is 19.3 Å². The lowest BCUT2D eigenvalue weighted by atomic mass is 10.1. The molecule has 108 valence electrons. The molecule has 1 unspecified atom stereocenters. The summed E-state index contributed by atoms with van der Waals surface area (Å²) in [5, 5.41) is 6.17. The quantitative estimate of drug-likeness (QED) is 0.553. The summed E-state index contributed by atoms with van der Waals surface area (Å²) in [7, 11) is 3.95. The number of amides is 1. The van der Waals surface area contributed by atoms with Crippen LogP contribution in [0.25, 0.3) is 0 Å². The van der Waals surface area contributed by atoms with Gasteiger partial charge in [0, 0.05) is 6.04 Å². The highest BCUT2D eigenvalue weighted by Crippen LogP contribution is 2.02. The number of rotatable bonds is 11. The minimum atomic E-state index is 0.144. The average molecular weight is 257 g/mol. The Hall–Kier alpha value is -0.610. The Morgan fingerprint density at radius 2 is 2.00 bits per heavy atom. The van der Waals surface area contributed by atoms with Crippen molar-refractivity contribution < 1.29 is 4.79 Å². The molecule has 1 atom stereocenters. The van der Waals surface area contributed by atoms with Crippen LogP contribution in [0.3, 0.4) is 0 Å². The van der Waals surface area contributed by atoms with Gasteiger partial charge < -0.3 is 10.6 Å². The number of hydrogen-bond acceptors (Lipinski definition) is 3. The maximum Gasteiger partial charge on any atom is 0.234 e. The molecule has 18 heavy (non-hydrogen) atoms. The first-order chi connectivity index (χ1) is 8.60. The van der Waals surface area contributed by atoms with Gasteiger partial charge in [0.1, 0.15) is 0 Å². The van der Waals surface area contributed by atoms with Crippen LogP contribution >= 0.6 is 0 Å². The maximum absolute atomic E-state index is 11.8. The molecule has 0 aliphatic carbocycles. The third-order valence-corrected chi connectivity index (χ3v) is 3.03. The predicted octanol–water partition coefficient (Wildman–Crippen LogP) is 1.61. The molecule has 0 aromatic heterocycles. The van der Waals surface area contributed by atoms with E-state index in [9.17, 15) is 4.79 Å². The highest BCUT2D eigenvalue weighted by atomic mass is 16.2. The molecule has 0 fully saturated rings. The fourth-order valence-electron chi connectivity index (χ4n) is 1.94. The Morgan fingerprint density at radius 3 is 2.61 bits per heavy atom. The van der Waals surface area contributed by atoms with Gasteiger partial charge in [-0.25, -0.2) is 0 Å². The van der Waals surface area contributed by atoms with Gasteiger partial charge in [-0.15, -0.1) is 0 Å². The van der Waals surface area contributed by atoms with Crippen molar-refractivity contribution in [2.75, 3.05) is 33.7 Å². The third-order valence-electron chi connectivity index (χ3n) is 3.03. The van der Waals surface area contributed by atoms with Crippen LogP contribution in [0.2, 0.25) is 0 Å². The van der Waals surface area contributed by atoms with Crippen LogP contribution in [0.15, 0.2) is 0 Å². The topological polar surface area (TPSA) is 44.4 Å². The SMILES string of the molecule is CCCCCC(C)NC(=O)CN(C)CCCNC. The van der Waals surface area contributed by atoms with Crippen LogP contribution in [0.1, 0.15) is 46.0 Å². The van der Waals surface area contributed by atoms with Gasteiger partial charge in [0.25, 0.3) is 0 Å². The van der Waals surface area contributed by atoms with Crippen LogP contribution in [-0.4, -0.2) is 50.6 Å². The second kappa shape index (κ2) is 11.5. The maximum atomic E-state index is 11.8. The number of unbranched alkanes of at least 4 members (excludes halogenated alkanes) is 2. The number of nitrogens with zero attached hydrogens (tertiary/aromatic N) is 1. The fourth-order valence-corrected chi connectivity index (χ4v) is 1.94. The van der Waals surface area contributed by atoms with Gasteiger partial charge in [0.05, 0.1) is 6.54 Å². The molecule has 0 bridgehead atoms. The van der Waals surface area contributed by atoms with Gasteiger partial charge in [-0.2, -0.15) is 0 Å². The minimum Gasteiger partial charge on any atom is -0.353 e. The van der Waals surface area contributed by atoms with Crippen molar-refractivity contribution in [3.63, 3.8) is 0 Å². The zero-order chi connectivity index (χ0) is 13.8. The molecule has 2 N–H and O–H groups in total. The number of carbonyl (C=O) groups is 1. The highest BCUT2D eigenvalue weighted by molar-refractivity contribution is 5.78. The smallest absolute Gasteiger partial charge is 0.234 e. The van der Waals surface area contributed by atoms with Gasteiger partial charge in [-0.05, 0) is 47.0 Å². The van der Waals surface area contributed by atoms with Gasteiger partial charge in [0.15, 0.2) is 0 Å². The number of nitrogens with one attached hydrogen (secondary N) is 2. The largest absolute Gasteiger partial charge is 0.353 e. The van der Waals surface area contributed by atoms with Crippen LogP contribution < -0.4 is 10.6 Å². The monoisotopic (exact) mass is 257 g/mol. The lowest BCUT2D eigenvalue weighted by molar-refractivity contribution is -0.122. The van der Waals surface area contributed by atoms with Gasteiger partial charge in [-0.1, -0.05) is 26.2 Å². The molecule has 0 saturated carbocycles. The molecule has 4 heteroatoms. The van der Waals surface area contributed by atoms with E-state index < -0.39 is 0 Å². The Balaban J connectivity index is 3.61.